The molecular weight excluding hydrogens is 520 g/mol. The molecule has 3 aromatic rings. The van der Waals surface area contributed by atoms with Gasteiger partial charge in [0.15, 0.2) is 5.82 Å². The van der Waals surface area contributed by atoms with Crippen LogP contribution >= 0.6 is 11.6 Å². The van der Waals surface area contributed by atoms with Crippen molar-refractivity contribution in [3.63, 3.8) is 0 Å². The third-order valence-electron chi connectivity index (χ3n) is 7.05. The van der Waals surface area contributed by atoms with Crippen LogP contribution in [0.1, 0.15) is 18.1 Å². The number of carbonyl (C=O) groups is 1. The van der Waals surface area contributed by atoms with Gasteiger partial charge in [0.25, 0.3) is 0 Å². The molecule has 0 aliphatic carbocycles. The first-order valence-electron chi connectivity index (χ1n) is 13.0. The lowest BCUT2D eigenvalue weighted by Crippen LogP contribution is -2.36. The van der Waals surface area contributed by atoms with Gasteiger partial charge in [-0.15, -0.1) is 0 Å². The first kappa shape index (κ1) is 26.8. The molecule has 0 saturated carbocycles. The van der Waals surface area contributed by atoms with Crippen LogP contribution in [0.5, 0.6) is 11.5 Å². The van der Waals surface area contributed by atoms with Crippen LogP contribution in [0.25, 0.3) is 0 Å². The Balaban J connectivity index is 1.38. The minimum Gasteiger partial charge on any atom is -0.495 e. The van der Waals surface area contributed by atoms with Crippen LogP contribution in [0.3, 0.4) is 0 Å². The molecule has 2 aromatic carbocycles. The van der Waals surface area contributed by atoms with E-state index < -0.39 is 0 Å². The molecule has 0 spiro atoms. The highest BCUT2D eigenvalue weighted by molar-refractivity contribution is 6.33. The van der Waals surface area contributed by atoms with E-state index >= 15 is 0 Å². The van der Waals surface area contributed by atoms with E-state index in [9.17, 15) is 4.79 Å². The van der Waals surface area contributed by atoms with Gasteiger partial charge in [-0.1, -0.05) is 11.6 Å². The Morgan fingerprint density at radius 3 is 2.51 bits per heavy atom. The lowest BCUT2D eigenvalue weighted by molar-refractivity contribution is -0.130. The molecule has 3 heterocycles. The number of nitrogens with one attached hydrogen (secondary N) is 2. The highest BCUT2D eigenvalue weighted by Crippen LogP contribution is 2.36. The standard InChI is InChI=1S/C28H33ClN6O4/c1-4-34-8-7-18-13-23(24(37-2)14-19(18)15-26(34)36)32-28-30-17-21(29)27(33-28)31-22-6-5-20(16-25(22)38-3)35-9-11-39-12-10-35/h5-6,13-14,16-17H,4,7-12,15H2,1-3H3,(H2,30,31,32,33). The highest BCUT2D eigenvalue weighted by Gasteiger charge is 2.22. The summed E-state index contributed by atoms with van der Waals surface area (Å²) in [6, 6.07) is 9.91. The summed E-state index contributed by atoms with van der Waals surface area (Å²) in [6.45, 7) is 6.47. The number of anilines is 5. The minimum atomic E-state index is 0.129. The number of halogens is 1. The van der Waals surface area contributed by atoms with Crippen LogP contribution in [0.4, 0.5) is 28.8 Å². The van der Waals surface area contributed by atoms with Gasteiger partial charge >= 0.3 is 0 Å². The summed E-state index contributed by atoms with van der Waals surface area (Å²) < 4.78 is 16.8. The van der Waals surface area contributed by atoms with Crippen molar-refractivity contribution in [3.05, 3.63) is 52.7 Å². The number of likely N-dealkylation sites (N-methyl/N-ethyl adjacent to an activating group) is 1. The largest absolute Gasteiger partial charge is 0.495 e. The first-order valence-corrected chi connectivity index (χ1v) is 13.4. The van der Waals surface area contributed by atoms with E-state index in [-0.39, 0.29) is 5.91 Å². The average Bonchev–Trinajstić information content (AvgIpc) is 3.12. The van der Waals surface area contributed by atoms with Gasteiger partial charge in [-0.2, -0.15) is 4.98 Å². The van der Waals surface area contributed by atoms with Crippen molar-refractivity contribution in [2.24, 2.45) is 0 Å². The van der Waals surface area contributed by atoms with Gasteiger partial charge in [-0.3, -0.25) is 4.79 Å². The maximum atomic E-state index is 12.6. The zero-order chi connectivity index (χ0) is 27.4. The lowest BCUT2D eigenvalue weighted by atomic mass is 10.0. The zero-order valence-corrected chi connectivity index (χ0v) is 23.2. The molecule has 2 aliphatic heterocycles. The molecule has 0 unspecified atom stereocenters. The molecule has 1 amide bonds. The molecule has 10 nitrogen and oxygen atoms in total. The van der Waals surface area contributed by atoms with E-state index in [2.05, 4.69) is 25.5 Å². The summed E-state index contributed by atoms with van der Waals surface area (Å²) in [5.74, 6) is 2.20. The van der Waals surface area contributed by atoms with Crippen LogP contribution in [0.15, 0.2) is 36.5 Å². The Hall–Kier alpha value is -3.76. The maximum absolute atomic E-state index is 12.6. The van der Waals surface area contributed by atoms with Crippen molar-refractivity contribution < 1.29 is 19.0 Å². The molecular formula is C28H33ClN6O4. The SMILES string of the molecule is CCN1CCc2cc(Nc3ncc(Cl)c(Nc4ccc(N5CCOCC5)cc4OC)n3)c(OC)cc2CC1=O. The normalized spacial score (nSPS) is 15.4. The number of rotatable bonds is 8. The van der Waals surface area contributed by atoms with E-state index in [1.165, 1.54) is 0 Å². The molecule has 5 rings (SSSR count). The molecule has 2 aliphatic rings. The first-order chi connectivity index (χ1) is 19.0. The monoisotopic (exact) mass is 552 g/mol. The Morgan fingerprint density at radius 2 is 1.77 bits per heavy atom. The van der Waals surface area contributed by atoms with Crippen LogP contribution in [0.2, 0.25) is 5.02 Å². The summed E-state index contributed by atoms with van der Waals surface area (Å²) in [7, 11) is 3.24. The fraction of sp³-hybridized carbons (Fsp3) is 0.393. The predicted octanol–water partition coefficient (Wildman–Crippen LogP) is 4.42. The van der Waals surface area contributed by atoms with Crippen molar-refractivity contribution in [3.8, 4) is 11.5 Å². The number of amides is 1. The number of methoxy groups -OCH3 is 2. The number of hydrogen-bond donors (Lipinski definition) is 2. The lowest BCUT2D eigenvalue weighted by Gasteiger charge is -2.29. The summed E-state index contributed by atoms with van der Waals surface area (Å²) >= 11 is 6.47. The maximum Gasteiger partial charge on any atom is 0.229 e. The molecule has 2 N–H and O–H groups in total. The minimum absolute atomic E-state index is 0.129. The molecule has 1 aromatic heterocycles. The molecule has 1 saturated heterocycles. The summed E-state index contributed by atoms with van der Waals surface area (Å²) in [5, 5.41) is 6.92. The second kappa shape index (κ2) is 12.0. The van der Waals surface area contributed by atoms with Crippen molar-refractivity contribution in [2.75, 3.05) is 69.1 Å². The van der Waals surface area contributed by atoms with Crippen LogP contribution in [-0.2, 0) is 22.4 Å². The van der Waals surface area contributed by atoms with Crippen molar-refractivity contribution >= 4 is 46.3 Å². The number of carbonyl (C=O) groups excluding carboxylic acids is 1. The van der Waals surface area contributed by atoms with Gasteiger partial charge in [0.2, 0.25) is 11.9 Å². The van der Waals surface area contributed by atoms with Crippen molar-refractivity contribution in [1.82, 2.24) is 14.9 Å². The van der Waals surface area contributed by atoms with E-state index in [1.807, 2.05) is 42.2 Å². The second-order valence-electron chi connectivity index (χ2n) is 9.35. The van der Waals surface area contributed by atoms with Gasteiger partial charge in [-0.05, 0) is 48.7 Å². The summed E-state index contributed by atoms with van der Waals surface area (Å²) in [5.41, 5.74) is 4.59. The van der Waals surface area contributed by atoms with E-state index in [0.29, 0.717) is 61.0 Å². The summed E-state index contributed by atoms with van der Waals surface area (Å²) in [4.78, 5) is 25.7. The highest BCUT2D eigenvalue weighted by atomic mass is 35.5. The van der Waals surface area contributed by atoms with E-state index in [4.69, 9.17) is 25.8 Å². The molecule has 0 atom stereocenters. The quantitative estimate of drug-likeness (QED) is 0.420. The molecule has 0 radical (unpaired) electrons. The number of ether oxygens (including phenoxy) is 3. The van der Waals surface area contributed by atoms with E-state index in [1.54, 1.807) is 20.4 Å². The summed E-state index contributed by atoms with van der Waals surface area (Å²) in [6.07, 6.45) is 2.67. The number of nitrogens with zero attached hydrogens (tertiary/aromatic N) is 4. The van der Waals surface area contributed by atoms with Gasteiger partial charge in [0.05, 0.1) is 51.4 Å². The third kappa shape index (κ3) is 5.97. The van der Waals surface area contributed by atoms with Crippen molar-refractivity contribution in [2.45, 2.75) is 19.8 Å². The van der Waals surface area contributed by atoms with Gasteiger partial charge in [0.1, 0.15) is 16.5 Å². The fourth-order valence-electron chi connectivity index (χ4n) is 4.88. The molecule has 11 heteroatoms. The fourth-order valence-corrected chi connectivity index (χ4v) is 5.02. The van der Waals surface area contributed by atoms with Gasteiger partial charge in [-0.25, -0.2) is 4.98 Å². The molecule has 39 heavy (non-hydrogen) atoms. The second-order valence-corrected chi connectivity index (χ2v) is 9.75. The topological polar surface area (TPSA) is 101 Å². The van der Waals surface area contributed by atoms with Crippen LogP contribution in [0, 0.1) is 0 Å². The van der Waals surface area contributed by atoms with Crippen LogP contribution < -0.4 is 25.0 Å². The van der Waals surface area contributed by atoms with E-state index in [0.717, 1.165) is 47.7 Å². The zero-order valence-electron chi connectivity index (χ0n) is 22.4. The molecule has 1 fully saturated rings. The molecule has 0 bridgehead atoms. The van der Waals surface area contributed by atoms with Crippen LogP contribution in [-0.4, -0.2) is 74.4 Å². The molecule has 206 valence electrons. The number of aromatic nitrogens is 2. The Bertz CT molecular complexity index is 1350. The number of morpholine rings is 1. The van der Waals surface area contributed by atoms with Crippen molar-refractivity contribution in [1.29, 1.82) is 0 Å². The van der Waals surface area contributed by atoms with Gasteiger partial charge in [0, 0.05) is 37.9 Å². The number of hydrogen-bond acceptors (Lipinski definition) is 9. The Labute approximate surface area is 233 Å². The number of fused-ring (bicyclic) bond motifs is 1. The Kier molecular flexibility index (Phi) is 8.23. The predicted molar refractivity (Wildman–Crippen MR) is 152 cm³/mol. The average molecular weight is 553 g/mol. The smallest absolute Gasteiger partial charge is 0.229 e. The number of benzene rings is 2. The van der Waals surface area contributed by atoms with Gasteiger partial charge < -0.3 is 34.6 Å². The third-order valence-corrected chi connectivity index (χ3v) is 7.33. The Morgan fingerprint density at radius 1 is 1.00 bits per heavy atom.